The van der Waals surface area contributed by atoms with Crippen LogP contribution < -0.4 is 0 Å². The number of rotatable bonds is 1. The first-order valence-corrected chi connectivity index (χ1v) is 8.61. The lowest BCUT2D eigenvalue weighted by Crippen LogP contribution is -2.47. The fourth-order valence-electron chi connectivity index (χ4n) is 3.47. The Hall–Kier alpha value is -2.35. The van der Waals surface area contributed by atoms with E-state index >= 15 is 0 Å². The Morgan fingerprint density at radius 2 is 1.54 bits per heavy atom. The van der Waals surface area contributed by atoms with Crippen LogP contribution in [0.4, 0.5) is 9.18 Å². The molecule has 0 unspecified atom stereocenters. The normalized spacial score (nSPS) is 18.2. The lowest BCUT2D eigenvalue weighted by Gasteiger charge is -2.35. The van der Waals surface area contributed by atoms with E-state index in [9.17, 15) is 14.4 Å². The minimum absolute atomic E-state index is 0.133. The number of urea groups is 1. The number of benzene rings is 1. The van der Waals surface area contributed by atoms with E-state index in [1.54, 1.807) is 12.1 Å². The van der Waals surface area contributed by atoms with Gasteiger partial charge in [-0.1, -0.05) is 12.1 Å². The number of carbonyl (C=O) groups is 1. The maximum Gasteiger partial charge on any atom is 0.320 e. The highest BCUT2D eigenvalue weighted by Crippen LogP contribution is 2.27. The Morgan fingerprint density at radius 3 is 2.12 bits per heavy atom. The van der Waals surface area contributed by atoms with Crippen molar-refractivity contribution in [2.45, 2.75) is 32.1 Å². The average Bonchev–Trinajstić information content (AvgIpc) is 2.64. The zero-order valence-corrected chi connectivity index (χ0v) is 13.8. The molecule has 2 amide bonds. The van der Waals surface area contributed by atoms with Gasteiger partial charge in [0.15, 0.2) is 0 Å². The van der Waals surface area contributed by atoms with Crippen LogP contribution in [0.15, 0.2) is 29.8 Å². The molecule has 0 saturated carbocycles. The van der Waals surface area contributed by atoms with Crippen LogP contribution in [-0.2, 0) is 0 Å². The van der Waals surface area contributed by atoms with Gasteiger partial charge in [-0.05, 0) is 55.4 Å². The molecule has 0 spiro atoms. The summed E-state index contributed by atoms with van der Waals surface area (Å²) < 4.78 is 13.1. The summed E-state index contributed by atoms with van der Waals surface area (Å²) in [6.07, 6.45) is 4.81. The van der Waals surface area contributed by atoms with Gasteiger partial charge in [0.25, 0.3) is 0 Å². The van der Waals surface area contributed by atoms with Crippen molar-refractivity contribution in [3.05, 3.63) is 41.2 Å². The fourth-order valence-corrected chi connectivity index (χ4v) is 3.47. The van der Waals surface area contributed by atoms with Gasteiger partial charge in [-0.15, -0.1) is 0 Å². The van der Waals surface area contributed by atoms with Crippen LogP contribution in [-0.4, -0.2) is 42.0 Å². The van der Waals surface area contributed by atoms with Gasteiger partial charge in [-0.2, -0.15) is 5.26 Å². The van der Waals surface area contributed by atoms with E-state index < -0.39 is 0 Å². The molecule has 2 fully saturated rings. The molecule has 0 aromatic heterocycles. The van der Waals surface area contributed by atoms with Crippen molar-refractivity contribution in [1.29, 1.82) is 5.26 Å². The molecular weight excluding hydrogens is 305 g/mol. The lowest BCUT2D eigenvalue weighted by atomic mass is 9.94. The second kappa shape index (κ2) is 7.48. The number of halogens is 1. The maximum absolute atomic E-state index is 13.1. The second-order valence-electron chi connectivity index (χ2n) is 6.41. The second-order valence-corrected chi connectivity index (χ2v) is 6.41. The summed E-state index contributed by atoms with van der Waals surface area (Å²) in [5.41, 5.74) is 2.44. The molecule has 0 N–H and O–H groups in total. The summed E-state index contributed by atoms with van der Waals surface area (Å²) in [4.78, 5) is 16.4. The largest absolute Gasteiger partial charge is 0.325 e. The van der Waals surface area contributed by atoms with Crippen molar-refractivity contribution in [3.8, 4) is 6.07 Å². The zero-order chi connectivity index (χ0) is 16.9. The molecule has 0 radical (unpaired) electrons. The molecule has 2 heterocycles. The smallest absolute Gasteiger partial charge is 0.320 e. The van der Waals surface area contributed by atoms with Crippen molar-refractivity contribution in [1.82, 2.24) is 9.80 Å². The lowest BCUT2D eigenvalue weighted by molar-refractivity contribution is 0.140. The third-order valence-electron chi connectivity index (χ3n) is 4.86. The van der Waals surface area contributed by atoms with Gasteiger partial charge in [-0.25, -0.2) is 9.18 Å². The summed E-state index contributed by atoms with van der Waals surface area (Å²) >= 11 is 0. The first-order valence-electron chi connectivity index (χ1n) is 8.61. The van der Waals surface area contributed by atoms with Crippen LogP contribution in [0.2, 0.25) is 0 Å². The van der Waals surface area contributed by atoms with E-state index in [0.717, 1.165) is 37.1 Å². The number of amides is 2. The Kier molecular flexibility index (Phi) is 5.14. The molecule has 2 saturated heterocycles. The maximum atomic E-state index is 13.1. The summed E-state index contributed by atoms with van der Waals surface area (Å²) in [6, 6.07) is 8.44. The fraction of sp³-hybridized carbons (Fsp3) is 0.474. The molecule has 1 aromatic carbocycles. The van der Waals surface area contributed by atoms with E-state index in [1.165, 1.54) is 18.6 Å². The minimum atomic E-state index is -0.303. The molecule has 126 valence electrons. The predicted molar refractivity (Wildman–Crippen MR) is 90.6 cm³/mol. The molecule has 2 aliphatic rings. The number of nitrogens with zero attached hydrogens (tertiary/aromatic N) is 3. The van der Waals surface area contributed by atoms with Crippen LogP contribution in [0.3, 0.4) is 0 Å². The molecule has 0 bridgehead atoms. The van der Waals surface area contributed by atoms with Gasteiger partial charge < -0.3 is 9.80 Å². The molecule has 24 heavy (non-hydrogen) atoms. The third-order valence-corrected chi connectivity index (χ3v) is 4.86. The quantitative estimate of drug-likeness (QED) is 0.737. The Morgan fingerprint density at radius 1 is 0.958 bits per heavy atom. The molecule has 4 nitrogen and oxygen atoms in total. The third kappa shape index (κ3) is 3.59. The van der Waals surface area contributed by atoms with Crippen molar-refractivity contribution in [3.63, 3.8) is 0 Å². The number of piperidine rings is 2. The van der Waals surface area contributed by atoms with Crippen molar-refractivity contribution >= 4 is 11.6 Å². The number of likely N-dealkylation sites (tertiary alicyclic amines) is 2. The summed E-state index contributed by atoms with van der Waals surface area (Å²) in [5.74, 6) is -0.303. The molecule has 0 atom stereocenters. The number of carbonyl (C=O) groups excluding carboxylic acids is 1. The van der Waals surface area contributed by atoms with Crippen molar-refractivity contribution in [2.24, 2.45) is 0 Å². The standard InChI is InChI=1S/C19H22FN3O/c20-17-6-4-15(5-7-17)18(14-21)16-8-12-23(13-9-16)19(24)22-10-2-1-3-11-22/h4-7H,1-3,8-13H2. The highest BCUT2D eigenvalue weighted by Gasteiger charge is 2.26. The highest BCUT2D eigenvalue weighted by molar-refractivity contribution is 5.80. The summed E-state index contributed by atoms with van der Waals surface area (Å²) in [5, 5.41) is 9.49. The van der Waals surface area contributed by atoms with Crippen molar-refractivity contribution in [2.75, 3.05) is 26.2 Å². The van der Waals surface area contributed by atoms with Crippen LogP contribution in [0, 0.1) is 17.1 Å². The van der Waals surface area contributed by atoms with Gasteiger partial charge in [0.05, 0.1) is 11.6 Å². The highest BCUT2D eigenvalue weighted by atomic mass is 19.1. The molecular formula is C19H22FN3O. The Labute approximate surface area is 142 Å². The van der Waals surface area contributed by atoms with Crippen molar-refractivity contribution < 1.29 is 9.18 Å². The van der Waals surface area contributed by atoms with Gasteiger partial charge in [0.1, 0.15) is 5.82 Å². The van der Waals surface area contributed by atoms with E-state index in [2.05, 4.69) is 6.07 Å². The number of hydrogen-bond donors (Lipinski definition) is 0. The first-order chi connectivity index (χ1) is 11.7. The van der Waals surface area contributed by atoms with Gasteiger partial charge in [0, 0.05) is 26.2 Å². The van der Waals surface area contributed by atoms with E-state index in [-0.39, 0.29) is 11.8 Å². The molecule has 2 aliphatic heterocycles. The van der Waals surface area contributed by atoms with E-state index in [1.807, 2.05) is 9.80 Å². The zero-order valence-electron chi connectivity index (χ0n) is 13.8. The molecule has 0 aliphatic carbocycles. The van der Waals surface area contributed by atoms with Gasteiger partial charge in [-0.3, -0.25) is 0 Å². The first kappa shape index (κ1) is 16.5. The molecule has 1 aromatic rings. The van der Waals surface area contributed by atoms with Gasteiger partial charge in [0.2, 0.25) is 0 Å². The Bertz CT molecular complexity index is 659. The molecule has 5 heteroatoms. The SMILES string of the molecule is N#CC(=C1CCN(C(=O)N2CCCCC2)CC1)c1ccc(F)cc1. The number of nitriles is 1. The van der Waals surface area contributed by atoms with E-state index in [0.29, 0.717) is 31.5 Å². The minimum Gasteiger partial charge on any atom is -0.325 e. The van der Waals surface area contributed by atoms with Crippen LogP contribution in [0.5, 0.6) is 0 Å². The van der Waals surface area contributed by atoms with Crippen LogP contribution in [0.1, 0.15) is 37.7 Å². The van der Waals surface area contributed by atoms with E-state index in [4.69, 9.17) is 0 Å². The average molecular weight is 327 g/mol. The number of allylic oxidation sites excluding steroid dienone is 1. The topological polar surface area (TPSA) is 47.3 Å². The Balaban J connectivity index is 1.67. The molecule has 3 rings (SSSR count). The van der Waals surface area contributed by atoms with Crippen LogP contribution >= 0.6 is 0 Å². The summed E-state index contributed by atoms with van der Waals surface area (Å²) in [7, 11) is 0. The van der Waals surface area contributed by atoms with Gasteiger partial charge >= 0.3 is 6.03 Å². The summed E-state index contributed by atoms with van der Waals surface area (Å²) in [6.45, 7) is 3.02. The predicted octanol–water partition coefficient (Wildman–Crippen LogP) is 3.80. The van der Waals surface area contributed by atoms with Crippen LogP contribution in [0.25, 0.3) is 5.57 Å². The monoisotopic (exact) mass is 327 g/mol. The number of hydrogen-bond acceptors (Lipinski definition) is 2.